The number of rotatable bonds is 5. The molecular weight excluding hydrogens is 392 g/mol. The Kier molecular flexibility index (Phi) is 8.14. The molecule has 0 unspecified atom stereocenters. The van der Waals surface area contributed by atoms with Crippen LogP contribution in [0, 0.1) is 0 Å². The minimum absolute atomic E-state index is 0.848. The molecule has 0 atom stereocenters. The minimum Gasteiger partial charge on any atom is -0.159 e. The van der Waals surface area contributed by atoms with Crippen LogP contribution in [0.15, 0.2) is 94.0 Å². The number of hydrogen-bond acceptors (Lipinski definition) is 4. The van der Waals surface area contributed by atoms with Crippen molar-refractivity contribution in [2.75, 3.05) is 0 Å². The topological polar surface area (TPSA) is 24.7 Å². The van der Waals surface area contributed by atoms with E-state index >= 15 is 0 Å². The van der Waals surface area contributed by atoms with E-state index in [1.165, 1.54) is 22.3 Å². The van der Waals surface area contributed by atoms with Gasteiger partial charge in [0.2, 0.25) is 0 Å². The van der Waals surface area contributed by atoms with Crippen LogP contribution in [0.5, 0.6) is 0 Å². The predicted molar refractivity (Wildman–Crippen MR) is 131 cm³/mol. The zero-order valence-electron chi connectivity index (χ0n) is 16.9. The van der Waals surface area contributed by atoms with Crippen molar-refractivity contribution in [1.82, 2.24) is 0 Å². The van der Waals surface area contributed by atoms with Crippen LogP contribution in [0.2, 0.25) is 0 Å². The quantitative estimate of drug-likeness (QED) is 0.432. The van der Waals surface area contributed by atoms with Gasteiger partial charge >= 0.3 is 0 Å². The molecule has 0 N–H and O–H groups in total. The Bertz CT molecular complexity index is 977. The highest BCUT2D eigenvalue weighted by Gasteiger charge is 2.15. The molecule has 148 valence electrons. The van der Waals surface area contributed by atoms with Crippen molar-refractivity contribution in [1.29, 1.82) is 0 Å². The third-order valence-corrected chi connectivity index (χ3v) is 5.81. The van der Waals surface area contributed by atoms with Gasteiger partial charge in [-0.05, 0) is 34.4 Å². The first kappa shape index (κ1) is 21.4. The van der Waals surface area contributed by atoms with Crippen molar-refractivity contribution < 1.29 is 0 Å². The molecule has 2 nitrogen and oxygen atoms in total. The van der Waals surface area contributed by atoms with Gasteiger partial charge in [-0.15, -0.1) is 29.5 Å². The molecule has 0 saturated heterocycles. The van der Waals surface area contributed by atoms with Crippen LogP contribution in [0.1, 0.15) is 31.4 Å². The Hall–Kier alpha value is -2.30. The maximum Gasteiger partial charge on any atom is 0.102 e. The van der Waals surface area contributed by atoms with E-state index in [-0.39, 0.29) is 0 Å². The Balaban J connectivity index is 0.00000117. The van der Waals surface area contributed by atoms with Gasteiger partial charge in [-0.3, -0.25) is 0 Å². The largest absolute Gasteiger partial charge is 0.159 e. The second-order valence-electron chi connectivity index (χ2n) is 6.49. The summed E-state index contributed by atoms with van der Waals surface area (Å²) in [6.45, 7) is 4.00. The number of benzene rings is 3. The zero-order chi connectivity index (χ0) is 20.5. The molecule has 0 aromatic heterocycles. The first-order valence-corrected chi connectivity index (χ1v) is 11.4. The van der Waals surface area contributed by atoms with Crippen molar-refractivity contribution in [2.45, 2.75) is 37.3 Å². The second kappa shape index (κ2) is 11.0. The van der Waals surface area contributed by atoms with Crippen molar-refractivity contribution in [3.63, 3.8) is 0 Å². The molecule has 4 heteroatoms. The summed E-state index contributed by atoms with van der Waals surface area (Å²) in [6, 6.07) is 27.4. The lowest BCUT2D eigenvalue weighted by molar-refractivity contribution is 1.21. The summed E-state index contributed by atoms with van der Waals surface area (Å²) in [5.74, 6) is 0.904. The van der Waals surface area contributed by atoms with Gasteiger partial charge in [-0.25, -0.2) is 0 Å². The lowest BCUT2D eigenvalue weighted by Crippen LogP contribution is -2.03. The molecule has 0 radical (unpaired) electrons. The van der Waals surface area contributed by atoms with Crippen LogP contribution < -0.4 is 0 Å². The van der Waals surface area contributed by atoms with Gasteiger partial charge in [0.15, 0.2) is 0 Å². The van der Waals surface area contributed by atoms with Gasteiger partial charge in [0.05, 0.1) is 5.71 Å². The highest BCUT2D eigenvalue weighted by Crippen LogP contribution is 2.28. The van der Waals surface area contributed by atoms with Gasteiger partial charge in [0, 0.05) is 23.5 Å². The Morgan fingerprint density at radius 2 is 1.52 bits per heavy atom. The lowest BCUT2D eigenvalue weighted by Gasteiger charge is -2.09. The number of thiol groups is 1. The van der Waals surface area contributed by atoms with E-state index in [2.05, 4.69) is 89.6 Å². The maximum atomic E-state index is 4.40. The van der Waals surface area contributed by atoms with E-state index < -0.39 is 0 Å². The van der Waals surface area contributed by atoms with Crippen molar-refractivity contribution in [2.24, 2.45) is 10.2 Å². The first-order chi connectivity index (χ1) is 14.3. The fourth-order valence-electron chi connectivity index (χ4n) is 3.11. The average Bonchev–Trinajstić information content (AvgIpc) is 3.23. The maximum absolute atomic E-state index is 4.40. The summed E-state index contributed by atoms with van der Waals surface area (Å²) in [7, 11) is 0. The summed E-state index contributed by atoms with van der Waals surface area (Å²) >= 11 is 6.12. The molecule has 0 aliphatic carbocycles. The minimum atomic E-state index is 0.848. The Labute approximate surface area is 183 Å². The number of hydrogen-bond donors (Lipinski definition) is 1. The van der Waals surface area contributed by atoms with Gasteiger partial charge < -0.3 is 0 Å². The highest BCUT2D eigenvalue weighted by molar-refractivity contribution is 8.13. The van der Waals surface area contributed by atoms with E-state index in [0.717, 1.165) is 34.2 Å². The lowest BCUT2D eigenvalue weighted by atomic mass is 10.0. The van der Waals surface area contributed by atoms with E-state index in [1.807, 2.05) is 26.0 Å². The summed E-state index contributed by atoms with van der Waals surface area (Å²) < 4.78 is 0. The molecule has 1 aliphatic heterocycles. The molecule has 29 heavy (non-hydrogen) atoms. The molecule has 3 aromatic carbocycles. The van der Waals surface area contributed by atoms with Crippen LogP contribution in [-0.4, -0.2) is 10.8 Å². The smallest absolute Gasteiger partial charge is 0.102 e. The molecule has 0 bridgehead atoms. The molecule has 0 amide bonds. The van der Waals surface area contributed by atoms with E-state index in [9.17, 15) is 0 Å². The number of nitrogens with zero attached hydrogens (tertiary/aromatic N) is 2. The summed E-state index contributed by atoms with van der Waals surface area (Å²) in [5, 5.41) is 9.89. The van der Waals surface area contributed by atoms with Gasteiger partial charge in [-0.2, -0.15) is 5.10 Å². The van der Waals surface area contributed by atoms with E-state index in [1.54, 1.807) is 11.8 Å². The monoisotopic (exact) mass is 418 g/mol. The molecular formula is C25H26N2S2. The van der Waals surface area contributed by atoms with Crippen LogP contribution in [0.25, 0.3) is 11.1 Å². The summed E-state index contributed by atoms with van der Waals surface area (Å²) in [5.41, 5.74) is 6.25. The SMILES string of the molecule is CC.Sc1ccc(CC2=NN=C(SCc3ccccc3-c3ccccc3)C2)cc1. The van der Waals surface area contributed by atoms with Crippen LogP contribution in [0.3, 0.4) is 0 Å². The second-order valence-corrected chi connectivity index (χ2v) is 8.06. The first-order valence-electron chi connectivity index (χ1n) is 9.94. The molecule has 3 aromatic rings. The molecule has 0 spiro atoms. The standard InChI is InChI=1S/C23H20N2S2.C2H6/c26-21-12-10-17(11-13-21)14-20-15-23(25-24-20)27-16-19-8-4-5-9-22(19)18-6-2-1-3-7-18;1-2/h1-13,26H,14-16H2;1-2H3. The fraction of sp³-hybridized carbons (Fsp3) is 0.200. The van der Waals surface area contributed by atoms with Crippen molar-refractivity contribution in [3.05, 3.63) is 90.0 Å². The molecule has 4 rings (SSSR count). The summed E-state index contributed by atoms with van der Waals surface area (Å²) in [6.07, 6.45) is 1.70. The number of thioether (sulfide) groups is 1. The molecule has 1 heterocycles. The Morgan fingerprint density at radius 1 is 0.828 bits per heavy atom. The van der Waals surface area contributed by atoms with Crippen LogP contribution in [0.4, 0.5) is 0 Å². The van der Waals surface area contributed by atoms with E-state index in [0.29, 0.717) is 0 Å². The van der Waals surface area contributed by atoms with Crippen molar-refractivity contribution >= 4 is 35.1 Å². The van der Waals surface area contributed by atoms with Gasteiger partial charge in [0.25, 0.3) is 0 Å². The summed E-state index contributed by atoms with van der Waals surface area (Å²) in [4.78, 5) is 0.983. The van der Waals surface area contributed by atoms with Gasteiger partial charge in [-0.1, -0.05) is 80.6 Å². The highest BCUT2D eigenvalue weighted by atomic mass is 32.2. The zero-order valence-corrected chi connectivity index (χ0v) is 18.6. The van der Waals surface area contributed by atoms with Crippen LogP contribution >= 0.6 is 24.4 Å². The molecule has 1 aliphatic rings. The average molecular weight is 419 g/mol. The fourth-order valence-corrected chi connectivity index (χ4v) is 4.20. The van der Waals surface area contributed by atoms with Crippen LogP contribution in [-0.2, 0) is 12.2 Å². The van der Waals surface area contributed by atoms with Gasteiger partial charge in [0.1, 0.15) is 5.04 Å². The third kappa shape index (κ3) is 6.09. The predicted octanol–water partition coefficient (Wildman–Crippen LogP) is 7.30. The third-order valence-electron chi connectivity index (χ3n) is 4.50. The molecule has 0 fully saturated rings. The Morgan fingerprint density at radius 3 is 2.28 bits per heavy atom. The normalized spacial score (nSPS) is 12.7. The van der Waals surface area contributed by atoms with Crippen molar-refractivity contribution in [3.8, 4) is 11.1 Å². The molecule has 0 saturated carbocycles. The van der Waals surface area contributed by atoms with E-state index in [4.69, 9.17) is 0 Å².